The van der Waals surface area contributed by atoms with Crippen LogP contribution in [0, 0.1) is 6.92 Å². The minimum absolute atomic E-state index is 0.167. The van der Waals surface area contributed by atoms with Crippen LogP contribution in [0.3, 0.4) is 0 Å². The van der Waals surface area contributed by atoms with Gasteiger partial charge in [-0.25, -0.2) is 4.79 Å². The van der Waals surface area contributed by atoms with Crippen LogP contribution in [-0.4, -0.2) is 29.5 Å². The Morgan fingerprint density at radius 2 is 1.71 bits per heavy atom. The normalized spacial score (nSPS) is 13.0. The summed E-state index contributed by atoms with van der Waals surface area (Å²) in [6, 6.07) is 19.0. The number of pyridine rings is 1. The second kappa shape index (κ2) is 8.65. The molecule has 2 atom stereocenters. The number of carbonyl (C=O) groups excluding carboxylic acids is 2. The zero-order valence-electron chi connectivity index (χ0n) is 16.3. The average molecular weight is 376 g/mol. The van der Waals surface area contributed by atoms with Gasteiger partial charge < -0.3 is 10.1 Å². The number of benzene rings is 2. The summed E-state index contributed by atoms with van der Waals surface area (Å²) in [5, 5.41) is 3.57. The molecule has 0 unspecified atom stereocenters. The molecule has 1 aromatic heterocycles. The number of esters is 1. The fourth-order valence-corrected chi connectivity index (χ4v) is 3.05. The predicted molar refractivity (Wildman–Crippen MR) is 109 cm³/mol. The van der Waals surface area contributed by atoms with Crippen molar-refractivity contribution in [3.05, 3.63) is 77.5 Å². The number of para-hydroxylation sites is 1. The van der Waals surface area contributed by atoms with Crippen molar-refractivity contribution in [2.24, 2.45) is 0 Å². The highest BCUT2D eigenvalue weighted by molar-refractivity contribution is 6.04. The molecule has 2 aromatic carbocycles. The fraction of sp³-hybridized carbons (Fsp3) is 0.261. The Bertz CT molecular complexity index is 986. The van der Waals surface area contributed by atoms with Gasteiger partial charge in [-0.15, -0.1) is 0 Å². The van der Waals surface area contributed by atoms with E-state index < -0.39 is 12.1 Å². The number of amides is 1. The third kappa shape index (κ3) is 4.55. The van der Waals surface area contributed by atoms with E-state index >= 15 is 0 Å². The van der Waals surface area contributed by atoms with Gasteiger partial charge in [-0.2, -0.15) is 0 Å². The van der Waals surface area contributed by atoms with Gasteiger partial charge in [0.05, 0.1) is 11.1 Å². The van der Waals surface area contributed by atoms with Crippen LogP contribution in [0.15, 0.2) is 60.7 Å². The van der Waals surface area contributed by atoms with Crippen LogP contribution in [-0.2, 0) is 9.53 Å². The molecule has 0 aliphatic heterocycles. The second-order valence-electron chi connectivity index (χ2n) is 6.93. The molecule has 3 aromatic rings. The molecule has 5 heteroatoms. The topological polar surface area (TPSA) is 68.3 Å². The Labute approximate surface area is 164 Å². The largest absolute Gasteiger partial charge is 0.449 e. The van der Waals surface area contributed by atoms with Gasteiger partial charge in [0.15, 0.2) is 6.10 Å². The van der Waals surface area contributed by atoms with Crippen LogP contribution in [0.5, 0.6) is 0 Å². The Morgan fingerprint density at radius 1 is 1.04 bits per heavy atom. The van der Waals surface area contributed by atoms with Crippen molar-refractivity contribution in [2.45, 2.75) is 32.8 Å². The number of ether oxygens (including phenoxy) is 1. The summed E-state index contributed by atoms with van der Waals surface area (Å²) in [7, 11) is 0. The van der Waals surface area contributed by atoms with E-state index in [1.165, 1.54) is 0 Å². The van der Waals surface area contributed by atoms with Gasteiger partial charge in [0.25, 0.3) is 5.91 Å². The number of hydrogen-bond acceptors (Lipinski definition) is 4. The van der Waals surface area contributed by atoms with Crippen molar-refractivity contribution in [2.75, 3.05) is 6.54 Å². The van der Waals surface area contributed by atoms with Crippen molar-refractivity contribution in [3.63, 3.8) is 0 Å². The Kier molecular flexibility index (Phi) is 6.04. The van der Waals surface area contributed by atoms with Crippen LogP contribution < -0.4 is 5.32 Å². The maximum atomic E-state index is 12.7. The van der Waals surface area contributed by atoms with Gasteiger partial charge in [-0.3, -0.25) is 9.78 Å². The van der Waals surface area contributed by atoms with Gasteiger partial charge in [0.1, 0.15) is 0 Å². The van der Waals surface area contributed by atoms with Crippen molar-refractivity contribution < 1.29 is 14.3 Å². The van der Waals surface area contributed by atoms with E-state index in [4.69, 9.17) is 4.74 Å². The smallest absolute Gasteiger partial charge is 0.339 e. The van der Waals surface area contributed by atoms with Crippen LogP contribution in [0.4, 0.5) is 0 Å². The Morgan fingerprint density at radius 3 is 2.46 bits per heavy atom. The zero-order valence-corrected chi connectivity index (χ0v) is 16.3. The zero-order chi connectivity index (χ0) is 20.1. The highest BCUT2D eigenvalue weighted by Crippen LogP contribution is 2.20. The van der Waals surface area contributed by atoms with Crippen molar-refractivity contribution >= 4 is 22.8 Å². The average Bonchev–Trinajstić information content (AvgIpc) is 2.71. The first kappa shape index (κ1) is 19.5. The maximum Gasteiger partial charge on any atom is 0.339 e. The van der Waals surface area contributed by atoms with Crippen LogP contribution >= 0.6 is 0 Å². The summed E-state index contributed by atoms with van der Waals surface area (Å²) in [6.45, 7) is 5.92. The molecule has 144 valence electrons. The van der Waals surface area contributed by atoms with E-state index in [1.54, 1.807) is 13.0 Å². The minimum Gasteiger partial charge on any atom is -0.449 e. The SMILES string of the molecule is Cc1cc(C(=O)O[C@@H](C)C(=O)NC[C@@H](C)c2ccccc2)c2ccccc2n1. The lowest BCUT2D eigenvalue weighted by atomic mass is 10.0. The van der Waals surface area contributed by atoms with E-state index in [1.807, 2.05) is 68.4 Å². The van der Waals surface area contributed by atoms with Gasteiger partial charge in [-0.05, 0) is 37.5 Å². The standard InChI is InChI=1S/C23H24N2O3/c1-15(18-9-5-4-6-10-18)14-24-22(26)17(3)28-23(27)20-13-16(2)25-21-12-8-7-11-19(20)21/h4-13,15,17H,14H2,1-3H3,(H,24,26)/t15-,17+/m1/s1. The lowest BCUT2D eigenvalue weighted by molar-refractivity contribution is -0.129. The molecule has 0 saturated carbocycles. The van der Waals surface area contributed by atoms with Crippen LogP contribution in [0.2, 0.25) is 0 Å². The summed E-state index contributed by atoms with van der Waals surface area (Å²) in [5.74, 6) is -0.675. The minimum atomic E-state index is -0.886. The number of aromatic nitrogens is 1. The summed E-state index contributed by atoms with van der Waals surface area (Å²) >= 11 is 0. The molecule has 0 saturated heterocycles. The lowest BCUT2D eigenvalue weighted by Gasteiger charge is -2.17. The van der Waals surface area contributed by atoms with Crippen molar-refractivity contribution in [3.8, 4) is 0 Å². The third-order valence-corrected chi connectivity index (χ3v) is 4.67. The number of fused-ring (bicyclic) bond motifs is 1. The number of carbonyl (C=O) groups is 2. The molecule has 3 rings (SSSR count). The fourth-order valence-electron chi connectivity index (χ4n) is 3.05. The number of aryl methyl sites for hydroxylation is 1. The second-order valence-corrected chi connectivity index (χ2v) is 6.93. The molecule has 0 aliphatic carbocycles. The summed E-state index contributed by atoms with van der Waals surface area (Å²) in [5.41, 5.74) is 3.01. The van der Waals surface area contributed by atoms with Gasteiger partial charge in [0.2, 0.25) is 0 Å². The summed E-state index contributed by atoms with van der Waals surface area (Å²) < 4.78 is 5.42. The van der Waals surface area contributed by atoms with Gasteiger partial charge in [-0.1, -0.05) is 55.5 Å². The van der Waals surface area contributed by atoms with Gasteiger partial charge in [0, 0.05) is 17.6 Å². The molecule has 0 fully saturated rings. The number of nitrogens with one attached hydrogen (secondary N) is 1. The summed E-state index contributed by atoms with van der Waals surface area (Å²) in [6.07, 6.45) is -0.886. The molecule has 1 N–H and O–H groups in total. The van der Waals surface area contributed by atoms with E-state index in [0.29, 0.717) is 17.5 Å². The molecule has 0 radical (unpaired) electrons. The first-order valence-electron chi connectivity index (χ1n) is 9.35. The molecular formula is C23H24N2O3. The molecule has 28 heavy (non-hydrogen) atoms. The monoisotopic (exact) mass is 376 g/mol. The quantitative estimate of drug-likeness (QED) is 0.660. The highest BCUT2D eigenvalue weighted by atomic mass is 16.5. The lowest BCUT2D eigenvalue weighted by Crippen LogP contribution is -2.37. The molecule has 0 bridgehead atoms. The maximum absolute atomic E-state index is 12.7. The first-order valence-corrected chi connectivity index (χ1v) is 9.35. The van der Waals surface area contributed by atoms with E-state index in [-0.39, 0.29) is 11.8 Å². The third-order valence-electron chi connectivity index (χ3n) is 4.67. The van der Waals surface area contributed by atoms with Crippen LogP contribution in [0.1, 0.15) is 41.4 Å². The molecule has 1 heterocycles. The molecule has 0 aliphatic rings. The highest BCUT2D eigenvalue weighted by Gasteiger charge is 2.21. The van der Waals surface area contributed by atoms with E-state index in [0.717, 1.165) is 16.8 Å². The summed E-state index contributed by atoms with van der Waals surface area (Å²) in [4.78, 5) is 29.5. The first-order chi connectivity index (χ1) is 13.5. The molecule has 1 amide bonds. The van der Waals surface area contributed by atoms with Crippen molar-refractivity contribution in [1.82, 2.24) is 10.3 Å². The van der Waals surface area contributed by atoms with E-state index in [2.05, 4.69) is 10.3 Å². The molecule has 5 nitrogen and oxygen atoms in total. The number of hydrogen-bond donors (Lipinski definition) is 1. The van der Waals surface area contributed by atoms with Crippen molar-refractivity contribution in [1.29, 1.82) is 0 Å². The molecule has 0 spiro atoms. The number of rotatable bonds is 6. The Hall–Kier alpha value is -3.21. The Balaban J connectivity index is 1.63. The number of nitrogens with zero attached hydrogens (tertiary/aromatic N) is 1. The predicted octanol–water partition coefficient (Wildman–Crippen LogP) is 4.01. The molecular weight excluding hydrogens is 352 g/mol. The van der Waals surface area contributed by atoms with Crippen LogP contribution in [0.25, 0.3) is 10.9 Å². The van der Waals surface area contributed by atoms with E-state index in [9.17, 15) is 9.59 Å². The van der Waals surface area contributed by atoms with Gasteiger partial charge >= 0.3 is 5.97 Å².